The Morgan fingerprint density at radius 2 is 1.39 bits per heavy atom. The highest BCUT2D eigenvalue weighted by Gasteiger charge is 2.31. The first-order valence-corrected chi connectivity index (χ1v) is 9.61. The fourth-order valence-corrected chi connectivity index (χ4v) is 2.41. The number of aliphatic hydroxyl groups is 1. The van der Waals surface area contributed by atoms with Crippen LogP contribution in [0.3, 0.4) is 0 Å². The number of aliphatic hydroxyl groups excluding tert-OH is 1. The standard InChI is InChI=1S/C16H27N5O9S/c1-6(22)12(18)15(28)21-9(5-31)14(27)19-7(2-3-10(17)23)13(26)20-8(16(29)30)4-11(24)25/h6-9,12,22,31H,2-5,18H2,1H3,(H2,17,23)(H,19,27)(H,20,26)(H,21,28)(H,24,25)(H,29,30). The largest absolute Gasteiger partial charge is 0.481 e. The van der Waals surface area contributed by atoms with Gasteiger partial charge in [0.05, 0.1) is 12.5 Å². The summed E-state index contributed by atoms with van der Waals surface area (Å²) in [6.07, 6.45) is -2.82. The van der Waals surface area contributed by atoms with Crippen LogP contribution in [0.4, 0.5) is 0 Å². The summed E-state index contributed by atoms with van der Waals surface area (Å²) in [5.41, 5.74) is 10.5. The zero-order valence-corrected chi connectivity index (χ0v) is 17.5. The molecule has 5 atom stereocenters. The fourth-order valence-electron chi connectivity index (χ4n) is 2.16. The van der Waals surface area contributed by atoms with Gasteiger partial charge in [-0.05, 0) is 13.3 Å². The van der Waals surface area contributed by atoms with Gasteiger partial charge in [-0.3, -0.25) is 24.0 Å². The van der Waals surface area contributed by atoms with Crippen LogP contribution in [-0.4, -0.2) is 86.9 Å². The molecule has 0 rings (SSSR count). The molecule has 0 radical (unpaired) electrons. The highest BCUT2D eigenvalue weighted by molar-refractivity contribution is 7.80. The van der Waals surface area contributed by atoms with E-state index < -0.39 is 72.3 Å². The van der Waals surface area contributed by atoms with Crippen LogP contribution < -0.4 is 27.4 Å². The maximum atomic E-state index is 12.5. The Labute approximate surface area is 182 Å². The van der Waals surface area contributed by atoms with Crippen LogP contribution in [-0.2, 0) is 28.8 Å². The molecule has 0 saturated carbocycles. The summed E-state index contributed by atoms with van der Waals surface area (Å²) in [6.45, 7) is 1.26. The van der Waals surface area contributed by atoms with Crippen molar-refractivity contribution in [3.63, 3.8) is 0 Å². The van der Waals surface area contributed by atoms with E-state index in [1.54, 1.807) is 0 Å². The molecule has 0 aliphatic rings. The van der Waals surface area contributed by atoms with E-state index in [-0.39, 0.29) is 18.6 Å². The van der Waals surface area contributed by atoms with Crippen molar-refractivity contribution in [2.45, 2.75) is 56.5 Å². The molecule has 0 aromatic heterocycles. The zero-order valence-electron chi connectivity index (χ0n) is 16.6. The predicted molar refractivity (Wildman–Crippen MR) is 108 cm³/mol. The average Bonchev–Trinajstić information content (AvgIpc) is 2.66. The lowest BCUT2D eigenvalue weighted by Crippen LogP contribution is -2.58. The number of amides is 4. The number of nitrogens with two attached hydrogens (primary N) is 2. The molecule has 0 aliphatic carbocycles. The molecule has 14 nitrogen and oxygen atoms in total. The van der Waals surface area contributed by atoms with Gasteiger partial charge in [0.15, 0.2) is 0 Å². The molecule has 10 N–H and O–H groups in total. The SMILES string of the molecule is CC(O)C(N)C(=O)NC(CS)C(=O)NC(CCC(N)=O)C(=O)NC(CC(=O)O)C(=O)O. The number of rotatable bonds is 14. The average molecular weight is 465 g/mol. The molecule has 15 heteroatoms. The van der Waals surface area contributed by atoms with Crippen molar-refractivity contribution >= 4 is 48.2 Å². The van der Waals surface area contributed by atoms with Crippen molar-refractivity contribution in [3.8, 4) is 0 Å². The molecule has 0 spiro atoms. The molecule has 0 saturated heterocycles. The third kappa shape index (κ3) is 10.6. The van der Waals surface area contributed by atoms with Crippen LogP contribution in [0, 0.1) is 0 Å². The fraction of sp³-hybridized carbons (Fsp3) is 0.625. The van der Waals surface area contributed by atoms with Crippen molar-refractivity contribution < 1.29 is 44.1 Å². The van der Waals surface area contributed by atoms with Gasteiger partial charge in [0.2, 0.25) is 23.6 Å². The van der Waals surface area contributed by atoms with E-state index in [1.807, 2.05) is 5.32 Å². The zero-order chi connectivity index (χ0) is 24.3. The minimum Gasteiger partial charge on any atom is -0.481 e. The van der Waals surface area contributed by atoms with Gasteiger partial charge >= 0.3 is 11.9 Å². The highest BCUT2D eigenvalue weighted by atomic mass is 32.1. The smallest absolute Gasteiger partial charge is 0.326 e. The van der Waals surface area contributed by atoms with E-state index in [2.05, 4.69) is 23.3 Å². The first kappa shape index (κ1) is 28.1. The molecule has 4 amide bonds. The summed E-state index contributed by atoms with van der Waals surface area (Å²) in [5.74, 6) is -7.01. The van der Waals surface area contributed by atoms with Crippen molar-refractivity contribution in [1.82, 2.24) is 16.0 Å². The minimum absolute atomic E-state index is 0.231. The van der Waals surface area contributed by atoms with Crippen LogP contribution in [0.15, 0.2) is 0 Å². The van der Waals surface area contributed by atoms with Gasteiger partial charge in [-0.15, -0.1) is 0 Å². The van der Waals surface area contributed by atoms with Crippen molar-refractivity contribution in [3.05, 3.63) is 0 Å². The summed E-state index contributed by atoms with van der Waals surface area (Å²) in [6, 6.07) is -5.89. The maximum Gasteiger partial charge on any atom is 0.326 e. The summed E-state index contributed by atoms with van der Waals surface area (Å²) >= 11 is 3.93. The number of carboxylic acids is 2. The van der Waals surface area contributed by atoms with Gasteiger partial charge in [-0.1, -0.05) is 0 Å². The third-order valence-corrected chi connectivity index (χ3v) is 4.31. The lowest BCUT2D eigenvalue weighted by molar-refractivity contribution is -0.147. The Bertz CT molecular complexity index is 703. The number of hydrogen-bond acceptors (Lipinski definition) is 9. The third-order valence-electron chi connectivity index (χ3n) is 3.94. The van der Waals surface area contributed by atoms with Crippen molar-refractivity contribution in [2.75, 3.05) is 5.75 Å². The molecule has 0 fully saturated rings. The van der Waals surface area contributed by atoms with Crippen LogP contribution >= 0.6 is 12.6 Å². The normalized spacial score (nSPS) is 15.5. The number of carbonyl (C=O) groups excluding carboxylic acids is 4. The number of carbonyl (C=O) groups is 6. The van der Waals surface area contributed by atoms with Gasteiger partial charge in [0.1, 0.15) is 24.2 Å². The molecule has 176 valence electrons. The number of primary amides is 1. The highest BCUT2D eigenvalue weighted by Crippen LogP contribution is 2.03. The maximum absolute atomic E-state index is 12.5. The molecule has 31 heavy (non-hydrogen) atoms. The quantitative estimate of drug-likeness (QED) is 0.112. The first-order chi connectivity index (χ1) is 14.3. The van der Waals surface area contributed by atoms with Gasteiger partial charge in [-0.25, -0.2) is 4.79 Å². The molecular weight excluding hydrogens is 438 g/mol. The lowest BCUT2D eigenvalue weighted by Gasteiger charge is -2.24. The Morgan fingerprint density at radius 1 is 0.903 bits per heavy atom. The Hall–Kier alpha value is -2.91. The minimum atomic E-state index is -1.79. The molecule has 0 aromatic rings. The van der Waals surface area contributed by atoms with E-state index in [0.29, 0.717) is 0 Å². The first-order valence-electron chi connectivity index (χ1n) is 8.98. The second-order valence-electron chi connectivity index (χ2n) is 6.57. The molecule has 5 unspecified atom stereocenters. The van der Waals surface area contributed by atoms with E-state index in [1.165, 1.54) is 6.92 Å². The van der Waals surface area contributed by atoms with E-state index in [0.717, 1.165) is 0 Å². The predicted octanol–water partition coefficient (Wildman–Crippen LogP) is -4.10. The van der Waals surface area contributed by atoms with Gasteiger partial charge < -0.3 is 42.7 Å². The second-order valence-corrected chi connectivity index (χ2v) is 6.94. The number of aliphatic carboxylic acids is 2. The molecule has 0 aromatic carbocycles. The van der Waals surface area contributed by atoms with E-state index >= 15 is 0 Å². The van der Waals surface area contributed by atoms with Crippen LogP contribution in [0.25, 0.3) is 0 Å². The summed E-state index contributed by atoms with van der Waals surface area (Å²) in [4.78, 5) is 69.8. The second kappa shape index (κ2) is 13.4. The number of nitrogens with one attached hydrogen (secondary N) is 3. The Kier molecular flexibility index (Phi) is 12.1. The van der Waals surface area contributed by atoms with Crippen LogP contribution in [0.5, 0.6) is 0 Å². The molecular formula is C16H27N5O9S. The van der Waals surface area contributed by atoms with E-state index in [9.17, 15) is 33.9 Å². The number of carboxylic acid groups (broad SMARTS) is 2. The van der Waals surface area contributed by atoms with Gasteiger partial charge in [-0.2, -0.15) is 12.6 Å². The lowest BCUT2D eigenvalue weighted by atomic mass is 10.1. The topological polar surface area (TPSA) is 251 Å². The van der Waals surface area contributed by atoms with Crippen LogP contribution in [0.2, 0.25) is 0 Å². The Morgan fingerprint density at radius 3 is 1.81 bits per heavy atom. The number of hydrogen-bond donors (Lipinski definition) is 9. The van der Waals surface area contributed by atoms with Crippen LogP contribution in [0.1, 0.15) is 26.2 Å². The molecule has 0 aliphatic heterocycles. The number of thiol groups is 1. The Balaban J connectivity index is 5.38. The van der Waals surface area contributed by atoms with Gasteiger partial charge in [0.25, 0.3) is 0 Å². The van der Waals surface area contributed by atoms with Gasteiger partial charge in [0, 0.05) is 12.2 Å². The molecule has 0 heterocycles. The van der Waals surface area contributed by atoms with Crippen molar-refractivity contribution in [1.29, 1.82) is 0 Å². The summed E-state index contributed by atoms with van der Waals surface area (Å²) < 4.78 is 0. The molecule has 0 bridgehead atoms. The summed E-state index contributed by atoms with van der Waals surface area (Å²) in [5, 5.41) is 33.6. The van der Waals surface area contributed by atoms with Crippen molar-refractivity contribution in [2.24, 2.45) is 11.5 Å². The monoisotopic (exact) mass is 465 g/mol. The summed E-state index contributed by atoms with van der Waals surface area (Å²) in [7, 11) is 0. The van der Waals surface area contributed by atoms with E-state index in [4.69, 9.17) is 21.7 Å².